The number of hydrogen-bond donors (Lipinski definition) is 4. The first-order chi connectivity index (χ1) is 15.2. The molecule has 0 aliphatic heterocycles. The minimum atomic E-state index is -3.93. The smallest absolute Gasteiger partial charge is 0.341 e. The highest BCUT2D eigenvalue weighted by atomic mass is 32.2. The minimum Gasteiger partial charge on any atom is -0.482 e. The molecule has 32 heavy (non-hydrogen) atoms. The maximum absolute atomic E-state index is 12.8. The first-order valence-corrected chi connectivity index (χ1v) is 10.9. The van der Waals surface area contributed by atoms with Crippen molar-refractivity contribution in [1.82, 2.24) is 0 Å². The Morgan fingerprint density at radius 1 is 0.875 bits per heavy atom. The Bertz CT molecular complexity index is 1230. The molecule has 0 bridgehead atoms. The molecule has 0 spiro atoms. The molecule has 0 aliphatic rings. The number of hydrogen-bond acceptors (Lipinski definition) is 5. The summed E-state index contributed by atoms with van der Waals surface area (Å²) in [5.74, 6) is -0.851. The minimum absolute atomic E-state index is 0.0159. The third kappa shape index (κ3) is 6.22. The monoisotopic (exact) mass is 455 g/mol. The van der Waals surface area contributed by atoms with Gasteiger partial charge in [-0.25, -0.2) is 18.0 Å². The number of carboxylic acids is 1. The first-order valence-electron chi connectivity index (χ1n) is 9.44. The average molecular weight is 455 g/mol. The Morgan fingerprint density at radius 3 is 2.22 bits per heavy atom. The van der Waals surface area contributed by atoms with Gasteiger partial charge in [-0.3, -0.25) is 4.72 Å². The van der Waals surface area contributed by atoms with Crippen LogP contribution in [0.15, 0.2) is 77.7 Å². The lowest BCUT2D eigenvalue weighted by Crippen LogP contribution is -2.19. The number of nitrogens with one attached hydrogen (secondary N) is 3. The molecule has 0 radical (unpaired) electrons. The molecule has 0 saturated heterocycles. The van der Waals surface area contributed by atoms with Gasteiger partial charge < -0.3 is 20.5 Å². The highest BCUT2D eigenvalue weighted by molar-refractivity contribution is 7.92. The number of ether oxygens (including phenoxy) is 1. The van der Waals surface area contributed by atoms with Crippen molar-refractivity contribution in [2.45, 2.75) is 11.8 Å². The Kier molecular flexibility index (Phi) is 6.96. The van der Waals surface area contributed by atoms with E-state index in [0.717, 1.165) is 0 Å². The lowest BCUT2D eigenvalue weighted by molar-refractivity contribution is -0.139. The molecule has 4 N–H and O–H groups in total. The predicted octanol–water partition coefficient (Wildman–Crippen LogP) is 3.90. The molecule has 0 atom stereocenters. The molecule has 0 aliphatic carbocycles. The van der Waals surface area contributed by atoms with Gasteiger partial charge in [0.25, 0.3) is 10.0 Å². The quantitative estimate of drug-likeness (QED) is 0.407. The van der Waals surface area contributed by atoms with Gasteiger partial charge >= 0.3 is 12.0 Å². The van der Waals surface area contributed by atoms with Crippen LogP contribution in [0, 0.1) is 6.92 Å². The van der Waals surface area contributed by atoms with Gasteiger partial charge in [-0.1, -0.05) is 24.3 Å². The zero-order valence-electron chi connectivity index (χ0n) is 17.0. The second-order valence-electron chi connectivity index (χ2n) is 6.74. The van der Waals surface area contributed by atoms with E-state index in [1.807, 2.05) is 6.07 Å². The number of carboxylic acid groups (broad SMARTS) is 1. The van der Waals surface area contributed by atoms with Crippen LogP contribution in [-0.4, -0.2) is 32.1 Å². The van der Waals surface area contributed by atoms with Crippen LogP contribution in [0.4, 0.5) is 21.9 Å². The highest BCUT2D eigenvalue weighted by Gasteiger charge is 2.16. The van der Waals surface area contributed by atoms with Crippen LogP contribution in [0.2, 0.25) is 0 Å². The fourth-order valence-corrected chi connectivity index (χ4v) is 3.91. The van der Waals surface area contributed by atoms with E-state index in [2.05, 4.69) is 15.4 Å². The van der Waals surface area contributed by atoms with Gasteiger partial charge in [0.15, 0.2) is 6.61 Å². The number of carbonyl (C=O) groups is 2. The van der Waals surface area contributed by atoms with Gasteiger partial charge in [0, 0.05) is 11.4 Å². The molecule has 3 aromatic carbocycles. The van der Waals surface area contributed by atoms with Gasteiger partial charge in [0.05, 0.1) is 10.6 Å². The molecule has 3 rings (SSSR count). The van der Waals surface area contributed by atoms with E-state index in [0.29, 0.717) is 16.9 Å². The summed E-state index contributed by atoms with van der Waals surface area (Å²) in [5, 5.41) is 14.0. The molecular weight excluding hydrogens is 434 g/mol. The molecule has 0 aromatic heterocycles. The topological polar surface area (TPSA) is 134 Å². The summed E-state index contributed by atoms with van der Waals surface area (Å²) in [7, 11) is -3.93. The Morgan fingerprint density at radius 2 is 1.53 bits per heavy atom. The number of sulfonamides is 1. The van der Waals surface area contributed by atoms with E-state index in [4.69, 9.17) is 9.84 Å². The lowest BCUT2D eigenvalue weighted by Gasteiger charge is -2.13. The third-order valence-electron chi connectivity index (χ3n) is 4.21. The molecule has 0 saturated carbocycles. The molecule has 0 unspecified atom stereocenters. The van der Waals surface area contributed by atoms with Crippen LogP contribution < -0.4 is 20.1 Å². The van der Waals surface area contributed by atoms with Gasteiger partial charge in [-0.15, -0.1) is 0 Å². The van der Waals surface area contributed by atoms with Crippen molar-refractivity contribution in [2.24, 2.45) is 0 Å². The van der Waals surface area contributed by atoms with Crippen molar-refractivity contribution in [3.63, 3.8) is 0 Å². The van der Waals surface area contributed by atoms with Crippen molar-refractivity contribution in [1.29, 1.82) is 0 Å². The van der Waals surface area contributed by atoms with Crippen LogP contribution in [0.25, 0.3) is 0 Å². The zero-order chi connectivity index (χ0) is 23.1. The van der Waals surface area contributed by atoms with Crippen LogP contribution in [-0.2, 0) is 14.8 Å². The Hall–Kier alpha value is -4.05. The van der Waals surface area contributed by atoms with Crippen LogP contribution in [0.5, 0.6) is 5.75 Å². The van der Waals surface area contributed by atoms with Gasteiger partial charge in [-0.05, 0) is 61.0 Å². The fraction of sp³-hybridized carbons (Fsp3) is 0.0909. The van der Waals surface area contributed by atoms with Crippen molar-refractivity contribution in [2.75, 3.05) is 22.0 Å². The van der Waals surface area contributed by atoms with Gasteiger partial charge in [-0.2, -0.15) is 0 Å². The third-order valence-corrected chi connectivity index (χ3v) is 5.59. The standard InChI is InChI=1S/C22H21N3O6S/c1-15-12-19(10-11-20(15)31-14-21(26)27)32(29,30)25-18-9-5-8-17(13-18)24-22(28)23-16-6-3-2-4-7-16/h2-13,25H,14H2,1H3,(H,26,27)(H2,23,24,28). The second kappa shape index (κ2) is 9.84. The normalized spacial score (nSPS) is 10.8. The van der Waals surface area contributed by atoms with E-state index >= 15 is 0 Å². The first kappa shape index (κ1) is 22.6. The second-order valence-corrected chi connectivity index (χ2v) is 8.42. The predicted molar refractivity (Wildman–Crippen MR) is 121 cm³/mol. The number of rotatable bonds is 8. The van der Waals surface area contributed by atoms with E-state index in [1.54, 1.807) is 49.4 Å². The molecule has 2 amide bonds. The Balaban J connectivity index is 1.69. The van der Waals surface area contributed by atoms with Gasteiger partial charge in [0.2, 0.25) is 0 Å². The van der Waals surface area contributed by atoms with Crippen LogP contribution in [0.3, 0.4) is 0 Å². The van der Waals surface area contributed by atoms with Gasteiger partial charge in [0.1, 0.15) is 5.75 Å². The number of urea groups is 1. The van der Waals surface area contributed by atoms with Crippen molar-refractivity contribution in [3.8, 4) is 5.75 Å². The van der Waals surface area contributed by atoms with Crippen molar-refractivity contribution < 1.29 is 27.9 Å². The summed E-state index contributed by atoms with van der Waals surface area (Å²) in [6, 6.07) is 18.8. The molecule has 3 aromatic rings. The van der Waals surface area contributed by atoms with Crippen molar-refractivity contribution >= 4 is 39.1 Å². The highest BCUT2D eigenvalue weighted by Crippen LogP contribution is 2.24. The largest absolute Gasteiger partial charge is 0.482 e. The van der Waals surface area contributed by atoms with E-state index < -0.39 is 28.6 Å². The Labute approximate surface area is 185 Å². The molecular formula is C22H21N3O6S. The lowest BCUT2D eigenvalue weighted by atomic mass is 10.2. The number of anilines is 3. The van der Waals surface area contributed by atoms with E-state index in [9.17, 15) is 18.0 Å². The molecule has 9 nitrogen and oxygen atoms in total. The van der Waals surface area contributed by atoms with E-state index in [1.165, 1.54) is 24.3 Å². The number of para-hydroxylation sites is 1. The maximum Gasteiger partial charge on any atom is 0.341 e. The summed E-state index contributed by atoms with van der Waals surface area (Å²) in [4.78, 5) is 22.8. The number of aliphatic carboxylic acids is 1. The number of amides is 2. The zero-order valence-corrected chi connectivity index (χ0v) is 17.8. The molecule has 166 valence electrons. The molecule has 10 heteroatoms. The molecule has 0 heterocycles. The summed E-state index contributed by atoms with van der Waals surface area (Å²) in [6.45, 7) is 1.09. The SMILES string of the molecule is Cc1cc(S(=O)(=O)Nc2cccc(NC(=O)Nc3ccccc3)c2)ccc1OCC(=O)O. The fourth-order valence-electron chi connectivity index (χ4n) is 2.78. The maximum atomic E-state index is 12.8. The number of aryl methyl sites for hydroxylation is 1. The van der Waals surface area contributed by atoms with E-state index in [-0.39, 0.29) is 16.3 Å². The summed E-state index contributed by atoms with van der Waals surface area (Å²) >= 11 is 0. The summed E-state index contributed by atoms with van der Waals surface area (Å²) < 4.78 is 33.1. The molecule has 0 fully saturated rings. The number of benzene rings is 3. The van der Waals surface area contributed by atoms with Crippen molar-refractivity contribution in [3.05, 3.63) is 78.4 Å². The summed E-state index contributed by atoms with van der Waals surface area (Å²) in [5.41, 5.74) is 1.74. The average Bonchev–Trinajstić information content (AvgIpc) is 2.73. The van der Waals surface area contributed by atoms with Crippen LogP contribution in [0.1, 0.15) is 5.56 Å². The van der Waals surface area contributed by atoms with Crippen LogP contribution >= 0.6 is 0 Å². The number of carbonyl (C=O) groups excluding carboxylic acids is 1. The summed E-state index contributed by atoms with van der Waals surface area (Å²) in [6.07, 6.45) is 0.